The zero-order valence-corrected chi connectivity index (χ0v) is 50.4. The third-order valence-corrected chi connectivity index (χ3v) is 18.8. The van der Waals surface area contributed by atoms with E-state index < -0.39 is 0 Å². The number of aromatic nitrogens is 2. The van der Waals surface area contributed by atoms with Crippen molar-refractivity contribution < 1.29 is 4.74 Å². The van der Waals surface area contributed by atoms with Crippen molar-refractivity contribution in [1.29, 1.82) is 0 Å². The fourth-order valence-electron chi connectivity index (χ4n) is 13.8. The maximum absolute atomic E-state index is 6.52. The first-order valence-corrected chi connectivity index (χ1v) is 32.4. The van der Waals surface area contributed by atoms with Crippen LogP contribution < -0.4 is 4.74 Å². The number of ether oxygens (including phenoxy) is 1. The molecule has 81 heavy (non-hydrogen) atoms. The van der Waals surface area contributed by atoms with E-state index in [-0.39, 0.29) is 5.41 Å². The fourth-order valence-corrected chi connectivity index (χ4v) is 13.8. The van der Waals surface area contributed by atoms with Gasteiger partial charge in [0.1, 0.15) is 11.6 Å². The van der Waals surface area contributed by atoms with Crippen LogP contribution in [0.5, 0.6) is 5.75 Å². The molecule has 10 rings (SSSR count). The molecule has 0 radical (unpaired) electrons. The monoisotopic (exact) mass is 1070 g/mol. The number of hydrogen-bond acceptors (Lipinski definition) is 2. The highest BCUT2D eigenvalue weighted by atomic mass is 16.5. The van der Waals surface area contributed by atoms with E-state index in [2.05, 4.69) is 204 Å². The van der Waals surface area contributed by atoms with Gasteiger partial charge < -0.3 is 9.30 Å². The van der Waals surface area contributed by atoms with Crippen LogP contribution in [0, 0.1) is 11.8 Å². The van der Waals surface area contributed by atoms with Crippen LogP contribution in [0.4, 0.5) is 0 Å². The van der Waals surface area contributed by atoms with E-state index in [0.717, 1.165) is 48.6 Å². The Morgan fingerprint density at radius 1 is 0.407 bits per heavy atom. The number of benzene rings is 8. The van der Waals surface area contributed by atoms with Crippen molar-refractivity contribution in [3.63, 3.8) is 0 Å². The second-order valence-electron chi connectivity index (χ2n) is 24.3. The van der Waals surface area contributed by atoms with E-state index in [0.29, 0.717) is 11.8 Å². The predicted molar refractivity (Wildman–Crippen MR) is 351 cm³/mol. The molecule has 1 aliphatic rings. The van der Waals surface area contributed by atoms with Crippen molar-refractivity contribution in [3.8, 4) is 61.6 Å². The Morgan fingerprint density at radius 2 is 0.864 bits per heavy atom. The van der Waals surface area contributed by atoms with Gasteiger partial charge in [-0.1, -0.05) is 266 Å². The first kappa shape index (κ1) is 57.8. The molecule has 422 valence electrons. The van der Waals surface area contributed by atoms with Crippen LogP contribution >= 0.6 is 0 Å². The number of rotatable bonds is 31. The molecular weight excluding hydrogens is 981 g/mol. The van der Waals surface area contributed by atoms with Crippen molar-refractivity contribution in [1.82, 2.24) is 9.55 Å². The zero-order chi connectivity index (χ0) is 56.0. The summed E-state index contributed by atoms with van der Waals surface area (Å²) in [6.07, 6.45) is 27.6. The van der Waals surface area contributed by atoms with Gasteiger partial charge in [0.05, 0.1) is 17.6 Å². The molecule has 3 heteroatoms. The van der Waals surface area contributed by atoms with E-state index in [1.807, 2.05) is 0 Å². The lowest BCUT2D eigenvalue weighted by molar-refractivity contribution is 0.233. The second-order valence-corrected chi connectivity index (χ2v) is 24.3. The van der Waals surface area contributed by atoms with Crippen molar-refractivity contribution in [3.05, 3.63) is 169 Å². The Hall–Kier alpha value is -6.45. The summed E-state index contributed by atoms with van der Waals surface area (Å²) in [6.45, 7) is 15.6. The lowest BCUT2D eigenvalue weighted by Gasteiger charge is -2.33. The number of fused-ring (bicyclic) bond motifs is 9. The van der Waals surface area contributed by atoms with Gasteiger partial charge in [-0.2, -0.15) is 0 Å². The van der Waals surface area contributed by atoms with E-state index in [1.165, 1.54) is 200 Å². The Bertz CT molecular complexity index is 3420. The lowest BCUT2D eigenvalue weighted by atomic mass is 9.70. The highest BCUT2D eigenvalue weighted by molar-refractivity contribution is 6.25. The number of imidazole rings is 1. The molecule has 0 bridgehead atoms. The molecule has 2 unspecified atom stereocenters. The first-order chi connectivity index (χ1) is 39.9. The molecule has 0 aliphatic heterocycles. The van der Waals surface area contributed by atoms with Gasteiger partial charge in [0.2, 0.25) is 0 Å². The number of nitrogens with zero attached hydrogens (tertiary/aromatic N) is 2. The summed E-state index contributed by atoms with van der Waals surface area (Å²) in [6, 6.07) is 60.6. The summed E-state index contributed by atoms with van der Waals surface area (Å²) in [5.74, 6) is 3.09. The minimum atomic E-state index is -0.0492. The van der Waals surface area contributed by atoms with Crippen molar-refractivity contribution in [2.24, 2.45) is 11.8 Å². The summed E-state index contributed by atoms with van der Waals surface area (Å²) >= 11 is 0. The van der Waals surface area contributed by atoms with Gasteiger partial charge in [-0.15, -0.1) is 0 Å². The van der Waals surface area contributed by atoms with Crippen molar-refractivity contribution in [2.45, 2.75) is 195 Å². The number of hydrogen-bond donors (Lipinski definition) is 0. The van der Waals surface area contributed by atoms with Gasteiger partial charge in [0.25, 0.3) is 0 Å². The van der Waals surface area contributed by atoms with Crippen molar-refractivity contribution >= 4 is 32.6 Å². The molecule has 2 atom stereocenters. The summed E-state index contributed by atoms with van der Waals surface area (Å²) in [7, 11) is 0. The molecule has 0 spiro atoms. The molecule has 0 amide bonds. The standard InChI is InChI=1S/C78H94N2O/c1-7-13-17-19-21-29-49-78(50-30-22-20-18-14-8-2)73-53-64(60-35-27-24-28-36-60)41-47-69(73)70-48-42-65(54-74(70)78)63-40-45-67-68-46-39-62(59-33-25-23-26-34-59)52-72(68)76-75(71(67)51-63)79-77(80(76)55-57(11-5)31-15-9-3)61-37-43-66(44-38-61)81-56-58(12-6)32-16-10-4/h23-28,33-48,51-54,57-58H,7-22,29-32,49-50,55-56H2,1-6H3. The van der Waals surface area contributed by atoms with Gasteiger partial charge in [-0.3, -0.25) is 0 Å². The molecule has 3 nitrogen and oxygen atoms in total. The van der Waals surface area contributed by atoms with Crippen molar-refractivity contribution in [2.75, 3.05) is 6.61 Å². The maximum atomic E-state index is 6.52. The average molecular weight is 1080 g/mol. The Kier molecular flexibility index (Phi) is 20.0. The molecule has 8 aromatic carbocycles. The van der Waals surface area contributed by atoms with E-state index >= 15 is 0 Å². The van der Waals surface area contributed by atoms with Gasteiger partial charge in [-0.25, -0.2) is 4.98 Å². The topological polar surface area (TPSA) is 27.1 Å². The molecule has 0 fully saturated rings. The smallest absolute Gasteiger partial charge is 0.141 e. The Balaban J connectivity index is 1.14. The normalized spacial score (nSPS) is 13.5. The molecule has 0 N–H and O–H groups in total. The van der Waals surface area contributed by atoms with Crippen LogP contribution in [0.15, 0.2) is 158 Å². The highest BCUT2D eigenvalue weighted by Gasteiger charge is 2.43. The lowest BCUT2D eigenvalue weighted by Crippen LogP contribution is -2.25. The first-order valence-electron chi connectivity index (χ1n) is 32.4. The predicted octanol–water partition coefficient (Wildman–Crippen LogP) is 23.6. The second kappa shape index (κ2) is 28.0. The van der Waals surface area contributed by atoms with E-state index in [1.54, 1.807) is 11.1 Å². The molecular formula is C78H94N2O. The maximum Gasteiger partial charge on any atom is 0.141 e. The molecule has 1 heterocycles. The van der Waals surface area contributed by atoms with Crippen LogP contribution in [-0.2, 0) is 12.0 Å². The quantitative estimate of drug-likeness (QED) is 0.0320. The summed E-state index contributed by atoms with van der Waals surface area (Å²) in [5, 5.41) is 5.04. The minimum Gasteiger partial charge on any atom is -0.493 e. The van der Waals surface area contributed by atoms with Crippen LogP contribution in [0.25, 0.3) is 88.5 Å². The van der Waals surface area contributed by atoms with Gasteiger partial charge in [-0.05, 0) is 152 Å². The van der Waals surface area contributed by atoms with E-state index in [4.69, 9.17) is 9.72 Å². The largest absolute Gasteiger partial charge is 0.493 e. The Morgan fingerprint density at radius 3 is 1.42 bits per heavy atom. The summed E-state index contributed by atoms with van der Waals surface area (Å²) in [5.41, 5.74) is 17.1. The molecule has 1 aromatic heterocycles. The van der Waals surface area contributed by atoms with Gasteiger partial charge >= 0.3 is 0 Å². The molecule has 0 saturated heterocycles. The summed E-state index contributed by atoms with van der Waals surface area (Å²) < 4.78 is 9.15. The van der Waals surface area contributed by atoms with Gasteiger partial charge in [0, 0.05) is 28.3 Å². The molecule has 0 saturated carbocycles. The van der Waals surface area contributed by atoms with Crippen LogP contribution in [0.1, 0.15) is 194 Å². The van der Waals surface area contributed by atoms with Crippen LogP contribution in [0.3, 0.4) is 0 Å². The SMILES string of the molecule is CCCCCCCCC1(CCCCCCCC)c2cc(-c3ccccc3)ccc2-c2ccc(-c3ccc4c5ccc(-c6ccccc6)cc5c5c(nc(-c6ccc(OCC(CC)CCCC)cc6)n5CC(CC)CCCC)c4c3)cc21. The fraction of sp³-hybridized carbons (Fsp3) is 0.423. The summed E-state index contributed by atoms with van der Waals surface area (Å²) in [4.78, 5) is 5.90. The van der Waals surface area contributed by atoms with Gasteiger partial charge in [0.15, 0.2) is 0 Å². The third kappa shape index (κ3) is 12.9. The average Bonchev–Trinajstić information content (AvgIpc) is 4.14. The minimum absolute atomic E-state index is 0.0492. The molecule has 9 aromatic rings. The van der Waals surface area contributed by atoms with Crippen LogP contribution in [-0.4, -0.2) is 16.2 Å². The highest BCUT2D eigenvalue weighted by Crippen LogP contribution is 2.56. The number of unbranched alkanes of at least 4 members (excludes halogenated alkanes) is 12. The molecule has 1 aliphatic carbocycles. The Labute approximate surface area is 488 Å². The van der Waals surface area contributed by atoms with E-state index in [9.17, 15) is 0 Å². The van der Waals surface area contributed by atoms with Crippen LogP contribution in [0.2, 0.25) is 0 Å². The third-order valence-electron chi connectivity index (χ3n) is 18.8. The zero-order valence-electron chi connectivity index (χ0n) is 50.4.